The molecule has 3 aromatic carbocycles. The summed E-state index contributed by atoms with van der Waals surface area (Å²) in [5, 5.41) is 5.56. The number of anilines is 2. The second-order valence-electron chi connectivity index (χ2n) is 13.8. The molecular weight excluding hydrogens is 680 g/mol. The number of hydrogen-bond acceptors (Lipinski definition) is 10. The van der Waals surface area contributed by atoms with E-state index in [2.05, 4.69) is 10.6 Å². The lowest BCUT2D eigenvalue weighted by Gasteiger charge is -2.35. The Kier molecular flexibility index (Phi) is 13.2. The van der Waals surface area contributed by atoms with Gasteiger partial charge in [-0.3, -0.25) is 24.0 Å². The summed E-state index contributed by atoms with van der Waals surface area (Å²) in [6.45, 7) is 7.63. The van der Waals surface area contributed by atoms with Crippen molar-refractivity contribution >= 4 is 40.5 Å². The van der Waals surface area contributed by atoms with Crippen LogP contribution in [-0.4, -0.2) is 75.6 Å². The second-order valence-corrected chi connectivity index (χ2v) is 13.8. The van der Waals surface area contributed by atoms with Gasteiger partial charge in [-0.1, -0.05) is 48.0 Å². The van der Waals surface area contributed by atoms with Crippen LogP contribution in [-0.2, 0) is 44.6 Å². The van der Waals surface area contributed by atoms with Crippen LogP contribution in [0.3, 0.4) is 0 Å². The number of nitrogens with one attached hydrogen (secondary N) is 2. The number of hydrogen-bond donors (Lipinski definition) is 2. The fraction of sp³-hybridized carbons (Fsp3) is 0.439. The first-order valence-corrected chi connectivity index (χ1v) is 17.9. The Morgan fingerprint density at radius 3 is 2.32 bits per heavy atom. The monoisotopic (exact) mass is 728 g/mol. The van der Waals surface area contributed by atoms with E-state index < -0.39 is 52.5 Å². The van der Waals surface area contributed by atoms with Gasteiger partial charge in [0, 0.05) is 18.7 Å². The summed E-state index contributed by atoms with van der Waals surface area (Å²) in [7, 11) is 1.41. The van der Waals surface area contributed by atoms with Crippen LogP contribution in [0.4, 0.5) is 11.4 Å². The predicted molar refractivity (Wildman–Crippen MR) is 197 cm³/mol. The lowest BCUT2D eigenvalue weighted by Crippen LogP contribution is -2.51. The molecule has 282 valence electrons. The highest BCUT2D eigenvalue weighted by molar-refractivity contribution is 6.22. The van der Waals surface area contributed by atoms with E-state index in [1.54, 1.807) is 26.0 Å². The average Bonchev–Trinajstić information content (AvgIpc) is 3.35. The number of aryl methyl sites for hydroxylation is 2. The molecule has 0 bridgehead atoms. The van der Waals surface area contributed by atoms with Gasteiger partial charge in [0.05, 0.1) is 49.9 Å². The maximum absolute atomic E-state index is 14.4. The Balaban J connectivity index is 1.36. The van der Waals surface area contributed by atoms with E-state index in [4.69, 9.17) is 23.7 Å². The third-order valence-corrected chi connectivity index (χ3v) is 9.65. The minimum absolute atomic E-state index is 0.0261. The number of benzene rings is 3. The number of ether oxygens (including phenoxy) is 5. The van der Waals surface area contributed by atoms with E-state index in [0.29, 0.717) is 18.7 Å². The van der Waals surface area contributed by atoms with Crippen LogP contribution >= 0.6 is 0 Å². The number of carbonyl (C=O) groups is 5. The molecule has 2 aliphatic rings. The zero-order valence-corrected chi connectivity index (χ0v) is 30.9. The van der Waals surface area contributed by atoms with E-state index in [0.717, 1.165) is 22.4 Å². The number of Topliss-reactive ketones (excluding diaryl/α,β-unsaturated/α-hetero) is 3. The summed E-state index contributed by atoms with van der Waals surface area (Å²) >= 11 is 0. The van der Waals surface area contributed by atoms with Crippen molar-refractivity contribution in [3.05, 3.63) is 83.4 Å². The quantitative estimate of drug-likeness (QED) is 0.147. The number of methoxy groups -OCH3 is 1. The zero-order chi connectivity index (χ0) is 38.1. The van der Waals surface area contributed by atoms with Crippen LogP contribution in [0.25, 0.3) is 0 Å². The normalized spacial score (nSPS) is 20.1. The highest BCUT2D eigenvalue weighted by atomic mass is 16.7. The van der Waals surface area contributed by atoms with Gasteiger partial charge in [-0.05, 0) is 75.9 Å². The molecule has 1 saturated carbocycles. The molecule has 53 heavy (non-hydrogen) atoms. The van der Waals surface area contributed by atoms with Crippen molar-refractivity contribution in [3.8, 4) is 11.5 Å². The molecule has 2 fully saturated rings. The lowest BCUT2D eigenvalue weighted by atomic mass is 9.73. The Hall–Kier alpha value is -4.91. The van der Waals surface area contributed by atoms with Crippen molar-refractivity contribution in [3.63, 3.8) is 0 Å². The van der Waals surface area contributed by atoms with Gasteiger partial charge in [0.1, 0.15) is 30.3 Å². The number of rotatable bonds is 16. The van der Waals surface area contributed by atoms with Crippen LogP contribution in [0.5, 0.6) is 11.5 Å². The van der Waals surface area contributed by atoms with E-state index in [1.165, 1.54) is 13.2 Å². The average molecular weight is 729 g/mol. The fourth-order valence-electron chi connectivity index (χ4n) is 6.94. The highest BCUT2D eigenvalue weighted by Crippen LogP contribution is 2.40. The smallest absolute Gasteiger partial charge is 0.236 e. The number of amides is 2. The van der Waals surface area contributed by atoms with Crippen LogP contribution in [0.2, 0.25) is 0 Å². The van der Waals surface area contributed by atoms with Gasteiger partial charge in [0.25, 0.3) is 0 Å². The molecule has 4 atom stereocenters. The summed E-state index contributed by atoms with van der Waals surface area (Å²) in [5.41, 5.74) is 2.14. The molecule has 3 aromatic rings. The van der Waals surface area contributed by atoms with Crippen LogP contribution in [0.1, 0.15) is 43.4 Å². The van der Waals surface area contributed by atoms with Crippen LogP contribution < -0.4 is 20.1 Å². The second kappa shape index (κ2) is 17.7. The van der Waals surface area contributed by atoms with Crippen molar-refractivity contribution in [2.24, 2.45) is 23.2 Å². The number of carbonyl (C=O) groups excluding carboxylic acids is 5. The predicted octanol–water partition coefficient (Wildman–Crippen LogP) is 5.28. The molecule has 1 saturated heterocycles. The minimum Gasteiger partial charge on any atom is -0.495 e. The number of ketones is 3. The van der Waals surface area contributed by atoms with E-state index in [9.17, 15) is 24.0 Å². The van der Waals surface area contributed by atoms with Crippen molar-refractivity contribution in [2.45, 2.75) is 53.1 Å². The van der Waals surface area contributed by atoms with Crippen molar-refractivity contribution < 1.29 is 47.7 Å². The van der Waals surface area contributed by atoms with Crippen molar-refractivity contribution in [1.82, 2.24) is 0 Å². The van der Waals surface area contributed by atoms with Gasteiger partial charge in [-0.15, -0.1) is 0 Å². The summed E-state index contributed by atoms with van der Waals surface area (Å²) in [4.78, 5) is 70.0. The van der Waals surface area contributed by atoms with Gasteiger partial charge in [-0.25, -0.2) is 0 Å². The summed E-state index contributed by atoms with van der Waals surface area (Å²) < 4.78 is 28.1. The van der Waals surface area contributed by atoms with Gasteiger partial charge in [0.2, 0.25) is 11.8 Å². The topological polar surface area (TPSA) is 156 Å². The van der Waals surface area contributed by atoms with E-state index >= 15 is 0 Å². The third-order valence-electron chi connectivity index (χ3n) is 9.65. The molecule has 1 aliphatic heterocycles. The maximum atomic E-state index is 14.4. The molecule has 0 radical (unpaired) electrons. The maximum Gasteiger partial charge on any atom is 0.236 e. The molecule has 0 aromatic heterocycles. The minimum atomic E-state index is -1.73. The fourth-order valence-corrected chi connectivity index (χ4v) is 6.94. The molecule has 4 unspecified atom stereocenters. The van der Waals surface area contributed by atoms with Gasteiger partial charge in [-0.2, -0.15) is 0 Å². The first-order chi connectivity index (χ1) is 25.4. The SMILES string of the molecule is CCOC1C(=O)C(C(C(=O)Nc2cc(NC(=O)CCCOc3ccc(C)cc3C)ccc2OC)C(=O)C2(C)COCOC2)C(=O)C1Cc1ccccc1. The largest absolute Gasteiger partial charge is 0.495 e. The zero-order valence-electron chi connectivity index (χ0n) is 30.9. The molecule has 5 rings (SSSR count). The Bertz CT molecular complexity index is 1800. The summed E-state index contributed by atoms with van der Waals surface area (Å²) in [6, 6.07) is 19.8. The Morgan fingerprint density at radius 2 is 1.64 bits per heavy atom. The standard InChI is InChI=1S/C41H48N2O10/c1-6-52-38-29(20-27-11-8-7-9-12-27)36(45)34(37(38)46)35(39(47)41(4)22-50-24-51-23-41)40(48)43-30-21-28(15-17-32(30)49-5)42-33(44)13-10-18-53-31-16-14-25(2)19-26(31)3/h7-9,11-12,14-17,19,21,29,34-35,38H,6,10,13,18,20,22-24H2,1-5H3,(H,42,44)(H,43,48). The highest BCUT2D eigenvalue weighted by Gasteiger charge is 2.58. The van der Waals surface area contributed by atoms with Crippen molar-refractivity contribution in [1.29, 1.82) is 0 Å². The van der Waals surface area contributed by atoms with Gasteiger partial charge < -0.3 is 34.3 Å². The first-order valence-electron chi connectivity index (χ1n) is 17.9. The summed E-state index contributed by atoms with van der Waals surface area (Å²) in [5.74, 6) is -6.21. The molecule has 2 N–H and O–H groups in total. The Morgan fingerprint density at radius 1 is 0.925 bits per heavy atom. The van der Waals surface area contributed by atoms with Crippen LogP contribution in [0, 0.1) is 37.0 Å². The molecule has 0 spiro atoms. The van der Waals surface area contributed by atoms with E-state index in [1.807, 2.05) is 62.4 Å². The molecular formula is C41H48N2O10. The van der Waals surface area contributed by atoms with E-state index in [-0.39, 0.29) is 56.8 Å². The van der Waals surface area contributed by atoms with Crippen molar-refractivity contribution in [2.75, 3.05) is 51.0 Å². The third kappa shape index (κ3) is 9.37. The Labute approximate surface area is 309 Å². The van der Waals surface area contributed by atoms with Crippen LogP contribution in [0.15, 0.2) is 66.7 Å². The molecule has 12 heteroatoms. The molecule has 2 amide bonds. The molecule has 12 nitrogen and oxygen atoms in total. The van der Waals surface area contributed by atoms with Gasteiger partial charge in [0.15, 0.2) is 17.3 Å². The van der Waals surface area contributed by atoms with Gasteiger partial charge >= 0.3 is 0 Å². The summed E-state index contributed by atoms with van der Waals surface area (Å²) in [6.07, 6.45) is -0.292. The molecule has 1 aliphatic carbocycles. The molecule has 1 heterocycles. The lowest BCUT2D eigenvalue weighted by molar-refractivity contribution is -0.177. The first kappa shape index (κ1) is 39.3.